The van der Waals surface area contributed by atoms with Crippen molar-refractivity contribution < 1.29 is 14.7 Å². The number of benzene rings is 1. The molecule has 1 saturated heterocycles. The third kappa shape index (κ3) is 2.76. The zero-order chi connectivity index (χ0) is 15.7. The molecule has 7 heteroatoms. The number of aliphatic hydroxyl groups excluding tert-OH is 1. The van der Waals surface area contributed by atoms with Crippen molar-refractivity contribution in [2.45, 2.75) is 31.7 Å². The largest absolute Gasteiger partial charge is 0.384 e. The molecule has 2 aliphatic rings. The number of anilines is 1. The predicted octanol–water partition coefficient (Wildman–Crippen LogP) is 1.11. The number of fused-ring (bicyclic) bond motifs is 1. The fraction of sp³-hybridized carbons (Fsp3) is 0.467. The van der Waals surface area contributed by atoms with Crippen molar-refractivity contribution in [3.8, 4) is 0 Å². The van der Waals surface area contributed by atoms with Crippen LogP contribution < -0.4 is 10.6 Å². The van der Waals surface area contributed by atoms with Crippen molar-refractivity contribution >= 4 is 33.4 Å². The van der Waals surface area contributed by atoms with Gasteiger partial charge in [-0.2, -0.15) is 0 Å². The fourth-order valence-corrected chi connectivity index (χ4v) is 3.30. The first-order valence-electron chi connectivity index (χ1n) is 7.31. The molecule has 2 aliphatic heterocycles. The van der Waals surface area contributed by atoms with E-state index in [0.717, 1.165) is 28.7 Å². The predicted molar refractivity (Wildman–Crippen MR) is 85.4 cm³/mol. The highest BCUT2D eigenvalue weighted by Crippen LogP contribution is 2.38. The zero-order valence-corrected chi connectivity index (χ0v) is 13.6. The summed E-state index contributed by atoms with van der Waals surface area (Å²) in [6, 6.07) is 5.28. The summed E-state index contributed by atoms with van der Waals surface area (Å²) in [7, 11) is 0. The van der Waals surface area contributed by atoms with Gasteiger partial charge in [0.2, 0.25) is 11.8 Å². The minimum atomic E-state index is -0.815. The third-order valence-electron chi connectivity index (χ3n) is 4.17. The second-order valence-electron chi connectivity index (χ2n) is 5.50. The summed E-state index contributed by atoms with van der Waals surface area (Å²) in [5.74, 6) is -0.565. The van der Waals surface area contributed by atoms with E-state index in [4.69, 9.17) is 0 Å². The molecule has 0 aliphatic carbocycles. The molecular formula is C15H18BrN3O3. The quantitative estimate of drug-likeness (QED) is 0.548. The zero-order valence-electron chi connectivity index (χ0n) is 12.0. The molecule has 1 aromatic carbocycles. The molecule has 0 spiro atoms. The van der Waals surface area contributed by atoms with Crippen LogP contribution >= 0.6 is 15.9 Å². The van der Waals surface area contributed by atoms with Gasteiger partial charge in [-0.25, -0.2) is 0 Å². The number of nitrogens with one attached hydrogen (secondary N) is 2. The number of aliphatic hydroxyl groups is 1. The molecule has 0 radical (unpaired) electrons. The highest BCUT2D eigenvalue weighted by atomic mass is 79.9. The van der Waals surface area contributed by atoms with E-state index in [1.54, 1.807) is 4.90 Å². The lowest BCUT2D eigenvalue weighted by Gasteiger charge is -2.31. The van der Waals surface area contributed by atoms with Gasteiger partial charge < -0.3 is 10.4 Å². The first-order valence-corrected chi connectivity index (χ1v) is 8.43. The van der Waals surface area contributed by atoms with Gasteiger partial charge in [0, 0.05) is 36.1 Å². The molecule has 3 N–H and O–H groups in total. The Kier molecular flexibility index (Phi) is 4.46. The molecule has 2 unspecified atom stereocenters. The molecule has 2 atom stereocenters. The van der Waals surface area contributed by atoms with Crippen LogP contribution in [0.4, 0.5) is 5.69 Å². The van der Waals surface area contributed by atoms with Crippen LogP contribution in [0.3, 0.4) is 0 Å². The monoisotopic (exact) mass is 367 g/mol. The number of imide groups is 1. The maximum absolute atomic E-state index is 12.0. The topological polar surface area (TPSA) is 81.7 Å². The van der Waals surface area contributed by atoms with E-state index in [1.165, 1.54) is 0 Å². The van der Waals surface area contributed by atoms with Crippen molar-refractivity contribution in [2.75, 3.05) is 17.2 Å². The summed E-state index contributed by atoms with van der Waals surface area (Å²) >= 11 is 3.38. The lowest BCUT2D eigenvalue weighted by Crippen LogP contribution is -2.51. The van der Waals surface area contributed by atoms with E-state index in [9.17, 15) is 14.7 Å². The van der Waals surface area contributed by atoms with Crippen LogP contribution in [0.5, 0.6) is 0 Å². The second kappa shape index (κ2) is 6.36. The van der Waals surface area contributed by atoms with Crippen LogP contribution in [-0.4, -0.2) is 39.7 Å². The van der Waals surface area contributed by atoms with E-state index in [-0.39, 0.29) is 11.8 Å². The van der Waals surface area contributed by atoms with E-state index in [0.29, 0.717) is 19.4 Å². The van der Waals surface area contributed by atoms with Crippen LogP contribution in [0.15, 0.2) is 18.2 Å². The molecule has 1 aromatic rings. The number of carbonyl (C=O) groups excluding carboxylic acids is 2. The molecule has 118 valence electrons. The normalized spacial score (nSPS) is 25.0. The van der Waals surface area contributed by atoms with Crippen LogP contribution in [0, 0.1) is 0 Å². The van der Waals surface area contributed by atoms with Crippen LogP contribution in [-0.2, 0) is 16.1 Å². The van der Waals surface area contributed by atoms with E-state index >= 15 is 0 Å². The Morgan fingerprint density at radius 3 is 2.95 bits per heavy atom. The van der Waals surface area contributed by atoms with Gasteiger partial charge in [-0.3, -0.25) is 19.8 Å². The summed E-state index contributed by atoms with van der Waals surface area (Å²) in [6.45, 7) is 1.28. The Balaban J connectivity index is 1.83. The van der Waals surface area contributed by atoms with Crippen LogP contribution in [0.1, 0.15) is 30.2 Å². The van der Waals surface area contributed by atoms with Gasteiger partial charge in [0.25, 0.3) is 0 Å². The van der Waals surface area contributed by atoms with Gasteiger partial charge in [0.05, 0.1) is 6.04 Å². The first kappa shape index (κ1) is 15.5. The Hall–Kier alpha value is -1.44. The van der Waals surface area contributed by atoms with Crippen molar-refractivity contribution in [1.82, 2.24) is 10.2 Å². The number of alkyl halides is 1. The van der Waals surface area contributed by atoms with Crippen LogP contribution in [0.2, 0.25) is 0 Å². The molecule has 0 bridgehead atoms. The van der Waals surface area contributed by atoms with Crippen molar-refractivity contribution in [3.63, 3.8) is 0 Å². The summed E-state index contributed by atoms with van der Waals surface area (Å²) in [4.78, 5) is 25.1. The molecule has 2 heterocycles. The van der Waals surface area contributed by atoms with Crippen molar-refractivity contribution in [1.29, 1.82) is 0 Å². The van der Waals surface area contributed by atoms with Gasteiger partial charge in [0.1, 0.15) is 6.23 Å². The minimum Gasteiger partial charge on any atom is -0.384 e. The van der Waals surface area contributed by atoms with Crippen molar-refractivity contribution in [3.05, 3.63) is 29.3 Å². The molecule has 6 nitrogen and oxygen atoms in total. The molecule has 22 heavy (non-hydrogen) atoms. The van der Waals surface area contributed by atoms with Gasteiger partial charge in [-0.05, 0) is 18.1 Å². The van der Waals surface area contributed by atoms with E-state index in [1.807, 2.05) is 18.2 Å². The number of carbonyl (C=O) groups is 2. The maximum atomic E-state index is 12.0. The Morgan fingerprint density at radius 1 is 1.41 bits per heavy atom. The molecular weight excluding hydrogens is 350 g/mol. The average Bonchev–Trinajstić information content (AvgIpc) is 2.83. The highest BCUT2D eigenvalue weighted by Gasteiger charge is 2.40. The van der Waals surface area contributed by atoms with Crippen LogP contribution in [0.25, 0.3) is 0 Å². The number of halogens is 1. The second-order valence-corrected chi connectivity index (χ2v) is 6.30. The molecule has 0 aromatic heterocycles. The maximum Gasteiger partial charge on any atom is 0.244 e. The number of piperidine rings is 1. The minimum absolute atomic E-state index is 0.243. The third-order valence-corrected chi connectivity index (χ3v) is 4.56. The smallest absolute Gasteiger partial charge is 0.244 e. The summed E-state index contributed by atoms with van der Waals surface area (Å²) in [5.41, 5.74) is 2.82. The molecule has 2 amide bonds. The summed E-state index contributed by atoms with van der Waals surface area (Å²) in [5, 5.41) is 17.0. The Morgan fingerprint density at radius 2 is 2.23 bits per heavy atom. The lowest BCUT2D eigenvalue weighted by molar-refractivity contribution is -0.141. The fourth-order valence-electron chi connectivity index (χ4n) is 3.10. The SMILES string of the molecule is O=C1CCC(N2Cc3c(NCCBr)cccc3C2O)C(=O)N1. The van der Waals surface area contributed by atoms with Crippen molar-refractivity contribution in [2.24, 2.45) is 0 Å². The van der Waals surface area contributed by atoms with E-state index in [2.05, 4.69) is 26.6 Å². The highest BCUT2D eigenvalue weighted by molar-refractivity contribution is 9.09. The summed E-state index contributed by atoms with van der Waals surface area (Å²) < 4.78 is 0. The standard InChI is InChI=1S/C15H18BrN3O3/c16-6-7-17-11-3-1-2-9-10(11)8-19(15(9)22)12-4-5-13(20)18-14(12)21/h1-3,12,15,17,22H,4-8H2,(H,18,20,21). The molecule has 1 fully saturated rings. The van der Waals surface area contributed by atoms with Gasteiger partial charge in [0.15, 0.2) is 0 Å². The Bertz CT molecular complexity index is 608. The first-order chi connectivity index (χ1) is 10.6. The van der Waals surface area contributed by atoms with E-state index < -0.39 is 12.3 Å². The summed E-state index contributed by atoms with van der Waals surface area (Å²) in [6.07, 6.45) is -0.0606. The number of rotatable bonds is 4. The molecule has 3 rings (SSSR count). The van der Waals surface area contributed by atoms with Gasteiger partial charge in [-0.15, -0.1) is 0 Å². The Labute approximate surface area is 137 Å². The average molecular weight is 368 g/mol. The number of hydrogen-bond donors (Lipinski definition) is 3. The van der Waals surface area contributed by atoms with Gasteiger partial charge in [-0.1, -0.05) is 28.1 Å². The number of nitrogens with zero attached hydrogens (tertiary/aromatic N) is 1. The number of amides is 2. The molecule has 0 saturated carbocycles. The number of hydrogen-bond acceptors (Lipinski definition) is 5. The lowest BCUT2D eigenvalue weighted by atomic mass is 10.0. The van der Waals surface area contributed by atoms with Gasteiger partial charge >= 0.3 is 0 Å².